The zero-order chi connectivity index (χ0) is 19.8. The van der Waals surface area contributed by atoms with Crippen LogP contribution in [0.25, 0.3) is 5.69 Å². The lowest BCUT2D eigenvalue weighted by atomic mass is 10.1. The Morgan fingerprint density at radius 3 is 2.54 bits per heavy atom. The van der Waals surface area contributed by atoms with Gasteiger partial charge in [-0.3, -0.25) is 0 Å². The van der Waals surface area contributed by atoms with Gasteiger partial charge in [0, 0.05) is 5.75 Å². The summed E-state index contributed by atoms with van der Waals surface area (Å²) >= 11 is 1.27. The van der Waals surface area contributed by atoms with E-state index in [9.17, 15) is 8.42 Å². The SMILES string of the molecule is CCCCc1ccc(-n2nnnc2SCCS(=O)(=O)Oc2ccccc2)cc1. The average molecular weight is 419 g/mol. The van der Waals surface area contributed by atoms with Gasteiger partial charge in [0.1, 0.15) is 5.75 Å². The van der Waals surface area contributed by atoms with E-state index in [4.69, 9.17) is 4.18 Å². The molecule has 0 aliphatic heterocycles. The van der Waals surface area contributed by atoms with E-state index in [0.717, 1.165) is 24.9 Å². The molecular formula is C19H22N4O3S2. The van der Waals surface area contributed by atoms with Crippen LogP contribution in [-0.2, 0) is 16.5 Å². The maximum absolute atomic E-state index is 12.1. The molecule has 0 saturated heterocycles. The molecule has 0 aliphatic rings. The van der Waals surface area contributed by atoms with Crippen molar-refractivity contribution >= 4 is 21.9 Å². The minimum Gasteiger partial charge on any atom is -0.382 e. The first-order valence-electron chi connectivity index (χ1n) is 9.05. The lowest BCUT2D eigenvalue weighted by Gasteiger charge is -2.07. The van der Waals surface area contributed by atoms with Crippen LogP contribution in [0, 0.1) is 0 Å². The Bertz CT molecular complexity index is 974. The molecule has 0 aliphatic carbocycles. The average Bonchev–Trinajstić information content (AvgIpc) is 3.15. The van der Waals surface area contributed by atoms with Gasteiger partial charge in [-0.25, -0.2) is 0 Å². The van der Waals surface area contributed by atoms with Crippen LogP contribution in [0.15, 0.2) is 59.8 Å². The van der Waals surface area contributed by atoms with E-state index in [1.54, 1.807) is 35.0 Å². The molecule has 28 heavy (non-hydrogen) atoms. The smallest absolute Gasteiger partial charge is 0.310 e. The van der Waals surface area contributed by atoms with Crippen LogP contribution in [0.5, 0.6) is 5.75 Å². The molecule has 1 heterocycles. The number of aromatic nitrogens is 4. The Morgan fingerprint density at radius 1 is 1.07 bits per heavy atom. The van der Waals surface area contributed by atoms with Crippen LogP contribution >= 0.6 is 11.8 Å². The van der Waals surface area contributed by atoms with E-state index in [2.05, 4.69) is 34.6 Å². The summed E-state index contributed by atoms with van der Waals surface area (Å²) in [6.45, 7) is 2.17. The zero-order valence-corrected chi connectivity index (χ0v) is 17.2. The predicted molar refractivity (Wildman–Crippen MR) is 109 cm³/mol. The fraction of sp³-hybridized carbons (Fsp3) is 0.316. The molecule has 0 radical (unpaired) electrons. The molecule has 0 saturated carbocycles. The van der Waals surface area contributed by atoms with Crippen LogP contribution < -0.4 is 4.18 Å². The largest absolute Gasteiger partial charge is 0.382 e. The van der Waals surface area contributed by atoms with Gasteiger partial charge in [0.25, 0.3) is 0 Å². The summed E-state index contributed by atoms with van der Waals surface area (Å²) in [7, 11) is -3.68. The van der Waals surface area contributed by atoms with Gasteiger partial charge in [-0.1, -0.05) is 55.4 Å². The van der Waals surface area contributed by atoms with Gasteiger partial charge in [-0.15, -0.1) is 5.10 Å². The van der Waals surface area contributed by atoms with Crippen molar-refractivity contribution in [2.75, 3.05) is 11.5 Å². The Labute approximate surface area is 169 Å². The lowest BCUT2D eigenvalue weighted by Crippen LogP contribution is -2.15. The third-order valence-electron chi connectivity index (χ3n) is 3.97. The molecule has 0 N–H and O–H groups in total. The lowest BCUT2D eigenvalue weighted by molar-refractivity contribution is 0.488. The van der Waals surface area contributed by atoms with Gasteiger partial charge >= 0.3 is 10.1 Å². The fourth-order valence-corrected chi connectivity index (χ4v) is 4.69. The minimum atomic E-state index is -3.68. The Hall–Kier alpha value is -2.39. The number of aryl methyl sites for hydroxylation is 1. The maximum Gasteiger partial charge on any atom is 0.310 e. The van der Waals surface area contributed by atoms with Crippen LogP contribution in [0.4, 0.5) is 0 Å². The highest BCUT2D eigenvalue weighted by Crippen LogP contribution is 2.20. The van der Waals surface area contributed by atoms with Gasteiger partial charge < -0.3 is 4.18 Å². The van der Waals surface area contributed by atoms with Crippen molar-refractivity contribution in [3.8, 4) is 11.4 Å². The van der Waals surface area contributed by atoms with Crippen LogP contribution in [0.2, 0.25) is 0 Å². The van der Waals surface area contributed by atoms with Crippen molar-refractivity contribution in [1.29, 1.82) is 0 Å². The number of para-hydroxylation sites is 1. The Balaban J connectivity index is 1.58. The number of nitrogens with zero attached hydrogens (tertiary/aromatic N) is 4. The normalized spacial score (nSPS) is 11.5. The second-order valence-corrected chi connectivity index (χ2v) is 8.90. The highest BCUT2D eigenvalue weighted by molar-refractivity contribution is 8.00. The fourth-order valence-electron chi connectivity index (χ4n) is 2.52. The van der Waals surface area contributed by atoms with E-state index in [-0.39, 0.29) is 11.5 Å². The Morgan fingerprint density at radius 2 is 1.82 bits per heavy atom. The highest BCUT2D eigenvalue weighted by atomic mass is 32.2. The molecule has 0 atom stereocenters. The highest BCUT2D eigenvalue weighted by Gasteiger charge is 2.15. The molecule has 0 spiro atoms. The summed E-state index contributed by atoms with van der Waals surface area (Å²) in [4.78, 5) is 0. The number of hydrogen-bond donors (Lipinski definition) is 0. The Kier molecular flexibility index (Phi) is 7.05. The summed E-state index contributed by atoms with van der Waals surface area (Å²) in [5.74, 6) is 0.444. The van der Waals surface area contributed by atoms with Crippen molar-refractivity contribution in [2.45, 2.75) is 31.3 Å². The number of benzene rings is 2. The van der Waals surface area contributed by atoms with E-state index < -0.39 is 10.1 Å². The maximum atomic E-state index is 12.1. The van der Waals surface area contributed by atoms with Crippen LogP contribution in [0.3, 0.4) is 0 Å². The summed E-state index contributed by atoms with van der Waals surface area (Å²) in [5.41, 5.74) is 2.12. The molecule has 3 rings (SSSR count). The first-order chi connectivity index (χ1) is 13.6. The van der Waals surface area contributed by atoms with Gasteiger partial charge in [-0.05, 0) is 53.1 Å². The van der Waals surface area contributed by atoms with E-state index in [0.29, 0.717) is 10.9 Å². The number of hydrogen-bond acceptors (Lipinski definition) is 7. The molecule has 0 fully saturated rings. The summed E-state index contributed by atoms with van der Waals surface area (Å²) < 4.78 is 30.9. The second kappa shape index (κ2) is 9.70. The molecule has 3 aromatic rings. The quantitative estimate of drug-likeness (QED) is 0.368. The van der Waals surface area contributed by atoms with Gasteiger partial charge in [0.15, 0.2) is 0 Å². The van der Waals surface area contributed by atoms with Crippen molar-refractivity contribution in [2.24, 2.45) is 0 Å². The topological polar surface area (TPSA) is 87.0 Å². The van der Waals surface area contributed by atoms with Crippen molar-refractivity contribution in [3.63, 3.8) is 0 Å². The van der Waals surface area contributed by atoms with E-state index in [1.165, 1.54) is 17.3 Å². The first-order valence-corrected chi connectivity index (χ1v) is 11.6. The molecule has 9 heteroatoms. The van der Waals surface area contributed by atoms with Gasteiger partial charge in [0.2, 0.25) is 5.16 Å². The summed E-state index contributed by atoms with van der Waals surface area (Å²) in [6.07, 6.45) is 3.37. The van der Waals surface area contributed by atoms with E-state index in [1.807, 2.05) is 12.1 Å². The molecule has 0 amide bonds. The molecular weight excluding hydrogens is 396 g/mol. The third kappa shape index (κ3) is 5.80. The van der Waals surface area contributed by atoms with Crippen LogP contribution in [-0.4, -0.2) is 40.1 Å². The third-order valence-corrected chi connectivity index (χ3v) is 6.30. The van der Waals surface area contributed by atoms with E-state index >= 15 is 0 Å². The predicted octanol–water partition coefficient (Wildman–Crippen LogP) is 3.51. The molecule has 1 aromatic heterocycles. The second-order valence-electron chi connectivity index (χ2n) is 6.15. The molecule has 0 unspecified atom stereocenters. The molecule has 2 aromatic carbocycles. The van der Waals surface area contributed by atoms with Crippen molar-refractivity contribution in [3.05, 3.63) is 60.2 Å². The molecule has 7 nitrogen and oxygen atoms in total. The van der Waals surface area contributed by atoms with Crippen molar-refractivity contribution < 1.29 is 12.6 Å². The number of rotatable bonds is 10. The monoisotopic (exact) mass is 418 g/mol. The molecule has 0 bridgehead atoms. The number of unbranched alkanes of at least 4 members (excludes halogenated alkanes) is 1. The zero-order valence-electron chi connectivity index (χ0n) is 15.6. The van der Waals surface area contributed by atoms with Crippen LogP contribution in [0.1, 0.15) is 25.3 Å². The number of tetrazole rings is 1. The van der Waals surface area contributed by atoms with Gasteiger partial charge in [-0.2, -0.15) is 13.1 Å². The first kappa shape index (κ1) is 20.3. The molecule has 148 valence electrons. The number of thioether (sulfide) groups is 1. The summed E-state index contributed by atoms with van der Waals surface area (Å²) in [6, 6.07) is 16.5. The standard InChI is InChI=1S/C19H22N4O3S2/c1-2-3-7-16-10-12-17(13-11-16)23-19(20-21-22-23)27-14-15-28(24,25)26-18-8-5-4-6-9-18/h4-6,8-13H,2-3,7,14-15H2,1H3. The summed E-state index contributed by atoms with van der Waals surface area (Å²) in [5, 5.41) is 12.3. The minimum absolute atomic E-state index is 0.143. The van der Waals surface area contributed by atoms with Gasteiger partial charge in [0.05, 0.1) is 11.4 Å². The van der Waals surface area contributed by atoms with Crippen molar-refractivity contribution in [1.82, 2.24) is 20.2 Å².